The molecular formula is C40H40ClN2O6S2-. The normalized spacial score (nSPS) is 20.8. The van der Waals surface area contributed by atoms with E-state index in [0.717, 1.165) is 97.3 Å². The van der Waals surface area contributed by atoms with E-state index in [1.165, 1.54) is 23.4 Å². The fourth-order valence-corrected chi connectivity index (χ4v) is 9.95. The topological polar surface area (TPSA) is 105 Å². The van der Waals surface area contributed by atoms with E-state index in [-0.39, 0.29) is 21.8 Å². The largest absolute Gasteiger partial charge is 0.744 e. The Morgan fingerprint density at radius 2 is 1.69 bits per heavy atom. The van der Waals surface area contributed by atoms with Crippen LogP contribution in [-0.2, 0) is 30.3 Å². The maximum atomic E-state index is 11.7. The molecule has 0 bridgehead atoms. The van der Waals surface area contributed by atoms with Gasteiger partial charge in [-0.3, -0.25) is 5.04 Å². The van der Waals surface area contributed by atoms with Crippen LogP contribution in [0.5, 0.6) is 0 Å². The second kappa shape index (κ2) is 13.2. The number of benzene rings is 4. The minimum Gasteiger partial charge on any atom is -0.744 e. The SMILES string of the molecule is CN1c2ccc3cc(S(=O)(=O)[O-])ccc3c2C(C)(C)C1C/C=C1\CCCC(/C=C/C2=[N+](C)c3ccc4cc(SOO[O-])ccc4c3C2(C)C)=C1Cl. The van der Waals surface area contributed by atoms with Gasteiger partial charge in [0.25, 0.3) is 0 Å². The van der Waals surface area contributed by atoms with Crippen LogP contribution in [0.2, 0.25) is 0 Å². The Bertz CT molecular complexity index is 2340. The summed E-state index contributed by atoms with van der Waals surface area (Å²) < 4.78 is 41.9. The summed E-state index contributed by atoms with van der Waals surface area (Å²) >= 11 is 8.07. The second-order valence-corrected chi connectivity index (χ2v) is 17.3. The molecule has 0 amide bonds. The maximum absolute atomic E-state index is 11.7. The summed E-state index contributed by atoms with van der Waals surface area (Å²) in [6.07, 6.45) is 10.3. The van der Waals surface area contributed by atoms with E-state index in [0.29, 0.717) is 0 Å². The van der Waals surface area contributed by atoms with Crippen molar-refractivity contribution in [3.63, 3.8) is 0 Å². The Kier molecular flexibility index (Phi) is 9.28. The summed E-state index contributed by atoms with van der Waals surface area (Å²) in [5.74, 6) is 0. The van der Waals surface area contributed by atoms with Gasteiger partial charge in [-0.05, 0) is 114 Å². The molecule has 4 aromatic rings. The first-order valence-corrected chi connectivity index (χ1v) is 19.5. The van der Waals surface area contributed by atoms with E-state index in [4.69, 9.17) is 11.6 Å². The van der Waals surface area contributed by atoms with Gasteiger partial charge in [0.2, 0.25) is 5.69 Å². The molecular weight excluding hydrogens is 704 g/mol. The Hall–Kier alpha value is -3.48. The summed E-state index contributed by atoms with van der Waals surface area (Å²) in [5, 5.41) is 18.6. The van der Waals surface area contributed by atoms with E-state index in [1.54, 1.807) is 6.07 Å². The molecule has 3 aliphatic rings. The van der Waals surface area contributed by atoms with Gasteiger partial charge in [0.1, 0.15) is 17.2 Å². The van der Waals surface area contributed by atoms with E-state index < -0.39 is 10.1 Å². The van der Waals surface area contributed by atoms with Gasteiger partial charge in [-0.15, -0.1) is 0 Å². The molecule has 4 aromatic carbocycles. The van der Waals surface area contributed by atoms with Crippen LogP contribution in [0.4, 0.5) is 11.4 Å². The van der Waals surface area contributed by atoms with Crippen molar-refractivity contribution in [1.29, 1.82) is 0 Å². The molecule has 0 spiro atoms. The number of hydrogen-bond acceptors (Lipinski definition) is 8. The van der Waals surface area contributed by atoms with E-state index in [9.17, 15) is 18.2 Å². The lowest BCUT2D eigenvalue weighted by Crippen LogP contribution is -2.39. The van der Waals surface area contributed by atoms with Crippen molar-refractivity contribution in [3.8, 4) is 0 Å². The Labute approximate surface area is 308 Å². The molecule has 1 aliphatic carbocycles. The van der Waals surface area contributed by atoms with Crippen molar-refractivity contribution >= 4 is 72.4 Å². The summed E-state index contributed by atoms with van der Waals surface area (Å²) in [7, 11) is -0.321. The lowest BCUT2D eigenvalue weighted by atomic mass is 9.77. The molecule has 0 N–H and O–H groups in total. The third-order valence-electron chi connectivity index (χ3n) is 11.2. The smallest absolute Gasteiger partial charge is 0.210 e. The minimum atomic E-state index is -4.54. The predicted octanol–water partition coefficient (Wildman–Crippen LogP) is 8.48. The van der Waals surface area contributed by atoms with Crippen molar-refractivity contribution in [3.05, 3.63) is 106 Å². The van der Waals surface area contributed by atoms with Crippen molar-refractivity contribution in [1.82, 2.24) is 0 Å². The van der Waals surface area contributed by atoms with Crippen LogP contribution in [0.3, 0.4) is 0 Å². The third-order valence-corrected chi connectivity index (χ3v) is 13.1. The molecule has 7 rings (SSSR count). The van der Waals surface area contributed by atoms with Crippen LogP contribution < -0.4 is 10.2 Å². The molecule has 1 unspecified atom stereocenters. The van der Waals surface area contributed by atoms with Gasteiger partial charge < -0.3 is 14.7 Å². The van der Waals surface area contributed by atoms with E-state index in [2.05, 4.69) is 97.1 Å². The summed E-state index contributed by atoms with van der Waals surface area (Å²) in [6, 6.07) is 19.0. The summed E-state index contributed by atoms with van der Waals surface area (Å²) in [4.78, 5) is 2.89. The first-order chi connectivity index (χ1) is 24.1. The first-order valence-electron chi connectivity index (χ1n) is 17.0. The fraction of sp³-hybridized carbons (Fsp3) is 0.325. The van der Waals surface area contributed by atoms with E-state index in [1.807, 2.05) is 24.3 Å². The first kappa shape index (κ1) is 35.9. The van der Waals surface area contributed by atoms with Crippen molar-refractivity contribution in [2.45, 2.75) is 80.0 Å². The number of anilines is 1. The zero-order valence-electron chi connectivity index (χ0n) is 29.4. The number of hydrogen-bond donors (Lipinski definition) is 0. The highest BCUT2D eigenvalue weighted by atomic mass is 35.5. The van der Waals surface area contributed by atoms with Gasteiger partial charge in [-0.2, -0.15) is 8.91 Å². The van der Waals surface area contributed by atoms with Crippen LogP contribution in [-0.4, -0.2) is 43.4 Å². The monoisotopic (exact) mass is 743 g/mol. The number of nitrogens with zero attached hydrogens (tertiary/aromatic N) is 2. The third kappa shape index (κ3) is 6.14. The Morgan fingerprint density at radius 1 is 0.980 bits per heavy atom. The van der Waals surface area contributed by atoms with Gasteiger partial charge in [0, 0.05) is 51.8 Å². The number of rotatable bonds is 8. The number of allylic oxidation sites excluding steroid dienone is 5. The van der Waals surface area contributed by atoms with Crippen molar-refractivity contribution < 1.29 is 32.2 Å². The quantitative estimate of drug-likeness (QED) is 0.0582. The average Bonchev–Trinajstić information content (AvgIpc) is 3.41. The molecule has 0 aromatic heterocycles. The van der Waals surface area contributed by atoms with Crippen LogP contribution in [0, 0.1) is 0 Å². The lowest BCUT2D eigenvalue weighted by molar-refractivity contribution is -0.777. The molecule has 2 heterocycles. The highest BCUT2D eigenvalue weighted by molar-refractivity contribution is 7.94. The maximum Gasteiger partial charge on any atom is 0.210 e. The van der Waals surface area contributed by atoms with Gasteiger partial charge in [-0.1, -0.05) is 55.8 Å². The molecule has 2 aliphatic heterocycles. The van der Waals surface area contributed by atoms with Crippen LogP contribution >= 0.6 is 23.6 Å². The molecule has 266 valence electrons. The number of halogens is 1. The van der Waals surface area contributed by atoms with Crippen LogP contribution in [0.1, 0.15) is 64.5 Å². The molecule has 8 nitrogen and oxygen atoms in total. The molecule has 0 saturated heterocycles. The number of fused-ring (bicyclic) bond motifs is 6. The highest BCUT2D eigenvalue weighted by Crippen LogP contribution is 2.50. The predicted molar refractivity (Wildman–Crippen MR) is 202 cm³/mol. The zero-order valence-corrected chi connectivity index (χ0v) is 31.8. The molecule has 1 atom stereocenters. The van der Waals surface area contributed by atoms with Crippen LogP contribution in [0.15, 0.2) is 105 Å². The zero-order chi connectivity index (χ0) is 36.5. The lowest BCUT2D eigenvalue weighted by Gasteiger charge is -2.32. The minimum absolute atomic E-state index is 0.151. The van der Waals surface area contributed by atoms with Crippen molar-refractivity contribution in [2.75, 3.05) is 19.0 Å². The number of likely N-dealkylation sites (N-methyl/N-ethyl adjacent to an activating group) is 1. The second-order valence-electron chi connectivity index (χ2n) is 14.8. The van der Waals surface area contributed by atoms with Gasteiger partial charge in [0.15, 0.2) is 5.71 Å². The van der Waals surface area contributed by atoms with Crippen molar-refractivity contribution in [2.24, 2.45) is 0 Å². The Balaban J connectivity index is 1.15. The van der Waals surface area contributed by atoms with Gasteiger partial charge in [-0.25, -0.2) is 8.42 Å². The fourth-order valence-electron chi connectivity index (χ4n) is 8.71. The molecule has 0 radical (unpaired) electrons. The van der Waals surface area contributed by atoms with Gasteiger partial charge in [0.05, 0.1) is 22.4 Å². The molecule has 11 heteroatoms. The van der Waals surface area contributed by atoms with E-state index >= 15 is 0 Å². The highest BCUT2D eigenvalue weighted by Gasteiger charge is 2.45. The Morgan fingerprint density at radius 3 is 2.43 bits per heavy atom. The molecule has 0 saturated carbocycles. The van der Waals surface area contributed by atoms with Gasteiger partial charge >= 0.3 is 0 Å². The summed E-state index contributed by atoms with van der Waals surface area (Å²) in [6.45, 7) is 8.97. The summed E-state index contributed by atoms with van der Waals surface area (Å²) in [5.41, 5.74) is 7.62. The van der Waals surface area contributed by atoms with Crippen LogP contribution in [0.25, 0.3) is 21.5 Å². The standard InChI is InChI=1S/C40H41ClN2O6S2/c1-39(2)34(42(5)32-18-10-26-22-28(50-49-48-44)14-16-30(26)36(32)39)20-12-24-8-7-9-25(38(24)41)13-21-35-40(3,4)37-31-17-15-29(51(45,46)47)23-27(31)11-19-33(37)43(35)6/h10-20,22-23,35H,7-9,21H2,1-6H3,(H-,44,45,46,47)/p-1/b20-12+,25-13+. The average molecular weight is 744 g/mol. The molecule has 0 fully saturated rings. The molecule has 51 heavy (non-hydrogen) atoms.